The summed E-state index contributed by atoms with van der Waals surface area (Å²) in [6, 6.07) is 11.8. The number of hydrogen-bond acceptors (Lipinski definition) is 4. The lowest BCUT2D eigenvalue weighted by atomic mass is 10.2. The standard InChI is InChI=1S/C16H19NO3/c1-4-13(17-11-15-6-2-8-18-15)10-14(5-1)20-12-16-7-3-9-19-16/h1-2,4-6,8,10,16-17H,3,7,9,11-12H2. The van der Waals surface area contributed by atoms with Crippen LogP contribution in [0.25, 0.3) is 0 Å². The highest BCUT2D eigenvalue weighted by atomic mass is 16.5. The van der Waals surface area contributed by atoms with E-state index in [2.05, 4.69) is 5.32 Å². The highest BCUT2D eigenvalue weighted by Gasteiger charge is 2.15. The van der Waals surface area contributed by atoms with Crippen LogP contribution in [0.5, 0.6) is 5.75 Å². The van der Waals surface area contributed by atoms with Gasteiger partial charge in [0.05, 0.1) is 18.9 Å². The topological polar surface area (TPSA) is 43.6 Å². The Hall–Kier alpha value is -1.94. The zero-order valence-corrected chi connectivity index (χ0v) is 11.4. The fraction of sp³-hybridized carbons (Fsp3) is 0.375. The van der Waals surface area contributed by atoms with Crippen molar-refractivity contribution in [3.8, 4) is 5.75 Å². The Morgan fingerprint density at radius 2 is 2.25 bits per heavy atom. The molecular weight excluding hydrogens is 254 g/mol. The van der Waals surface area contributed by atoms with Gasteiger partial charge in [-0.1, -0.05) is 6.07 Å². The summed E-state index contributed by atoms with van der Waals surface area (Å²) in [6.07, 6.45) is 4.16. The number of ether oxygens (including phenoxy) is 2. The van der Waals surface area contributed by atoms with Gasteiger partial charge in [0.15, 0.2) is 0 Å². The molecule has 1 fully saturated rings. The molecule has 4 heteroatoms. The van der Waals surface area contributed by atoms with Gasteiger partial charge in [0, 0.05) is 18.4 Å². The summed E-state index contributed by atoms with van der Waals surface area (Å²) in [5, 5.41) is 3.31. The van der Waals surface area contributed by atoms with Gasteiger partial charge in [-0.25, -0.2) is 0 Å². The smallest absolute Gasteiger partial charge is 0.122 e. The quantitative estimate of drug-likeness (QED) is 0.875. The van der Waals surface area contributed by atoms with Crippen LogP contribution in [0.1, 0.15) is 18.6 Å². The van der Waals surface area contributed by atoms with E-state index in [1.54, 1.807) is 6.26 Å². The average molecular weight is 273 g/mol. The number of rotatable bonds is 6. The molecule has 2 aromatic rings. The third-order valence-corrected chi connectivity index (χ3v) is 3.34. The van der Waals surface area contributed by atoms with Crippen molar-refractivity contribution >= 4 is 5.69 Å². The molecule has 0 spiro atoms. The van der Waals surface area contributed by atoms with Gasteiger partial charge in [0.25, 0.3) is 0 Å². The summed E-state index contributed by atoms with van der Waals surface area (Å²) in [7, 11) is 0. The second-order valence-electron chi connectivity index (χ2n) is 4.91. The number of benzene rings is 1. The second kappa shape index (κ2) is 6.48. The molecule has 1 unspecified atom stereocenters. The van der Waals surface area contributed by atoms with Gasteiger partial charge in [-0.15, -0.1) is 0 Å². The zero-order valence-electron chi connectivity index (χ0n) is 11.4. The second-order valence-corrected chi connectivity index (χ2v) is 4.91. The summed E-state index contributed by atoms with van der Waals surface area (Å²) in [5.74, 6) is 1.78. The first-order valence-electron chi connectivity index (χ1n) is 7.01. The molecule has 3 rings (SSSR count). The third kappa shape index (κ3) is 3.54. The first-order valence-corrected chi connectivity index (χ1v) is 7.01. The monoisotopic (exact) mass is 273 g/mol. The summed E-state index contributed by atoms with van der Waals surface area (Å²) in [5.41, 5.74) is 1.02. The minimum Gasteiger partial charge on any atom is -0.491 e. The van der Waals surface area contributed by atoms with Crippen LogP contribution >= 0.6 is 0 Å². The molecule has 0 saturated carbocycles. The Balaban J connectivity index is 1.52. The van der Waals surface area contributed by atoms with Crippen molar-refractivity contribution in [2.75, 3.05) is 18.5 Å². The molecule has 1 N–H and O–H groups in total. The normalized spacial score (nSPS) is 18.1. The van der Waals surface area contributed by atoms with Crippen LogP contribution in [0.4, 0.5) is 5.69 Å². The number of nitrogens with one attached hydrogen (secondary N) is 1. The summed E-state index contributed by atoms with van der Waals surface area (Å²) in [4.78, 5) is 0. The number of anilines is 1. The molecule has 106 valence electrons. The van der Waals surface area contributed by atoms with Crippen LogP contribution < -0.4 is 10.1 Å². The van der Waals surface area contributed by atoms with Crippen molar-refractivity contribution < 1.29 is 13.9 Å². The Bertz CT molecular complexity index is 518. The number of furan rings is 1. The van der Waals surface area contributed by atoms with E-state index in [0.29, 0.717) is 13.2 Å². The molecule has 0 amide bonds. The Morgan fingerprint density at radius 3 is 3.05 bits per heavy atom. The zero-order chi connectivity index (χ0) is 13.6. The first kappa shape index (κ1) is 13.1. The van der Waals surface area contributed by atoms with E-state index in [1.807, 2.05) is 36.4 Å². The van der Waals surface area contributed by atoms with Crippen molar-refractivity contribution in [3.63, 3.8) is 0 Å². The summed E-state index contributed by atoms with van der Waals surface area (Å²) in [6.45, 7) is 2.16. The molecule has 1 aromatic carbocycles. The molecule has 4 nitrogen and oxygen atoms in total. The SMILES string of the molecule is c1cc(NCc2ccco2)cc(OCC2CCCO2)c1. The lowest BCUT2D eigenvalue weighted by Crippen LogP contribution is -2.16. The van der Waals surface area contributed by atoms with E-state index < -0.39 is 0 Å². The van der Waals surface area contributed by atoms with Gasteiger partial charge in [-0.2, -0.15) is 0 Å². The van der Waals surface area contributed by atoms with Crippen LogP contribution in [-0.2, 0) is 11.3 Å². The van der Waals surface area contributed by atoms with Gasteiger partial charge in [-0.05, 0) is 37.1 Å². The van der Waals surface area contributed by atoms with Crippen molar-refractivity contribution in [2.45, 2.75) is 25.5 Å². The van der Waals surface area contributed by atoms with E-state index in [9.17, 15) is 0 Å². The summed E-state index contributed by atoms with van der Waals surface area (Å²) >= 11 is 0. The number of hydrogen-bond donors (Lipinski definition) is 1. The van der Waals surface area contributed by atoms with Crippen LogP contribution in [0.3, 0.4) is 0 Å². The van der Waals surface area contributed by atoms with Gasteiger partial charge < -0.3 is 19.2 Å². The maximum Gasteiger partial charge on any atom is 0.122 e. The Morgan fingerprint density at radius 1 is 1.25 bits per heavy atom. The van der Waals surface area contributed by atoms with Crippen LogP contribution in [0, 0.1) is 0 Å². The van der Waals surface area contributed by atoms with Crippen LogP contribution in [0.15, 0.2) is 47.1 Å². The fourth-order valence-corrected chi connectivity index (χ4v) is 2.26. The fourth-order valence-electron chi connectivity index (χ4n) is 2.26. The van der Waals surface area contributed by atoms with Crippen molar-refractivity contribution in [1.29, 1.82) is 0 Å². The predicted octanol–water partition coefficient (Wildman–Crippen LogP) is 3.45. The molecule has 20 heavy (non-hydrogen) atoms. The van der Waals surface area contributed by atoms with Gasteiger partial charge in [0.1, 0.15) is 18.1 Å². The largest absolute Gasteiger partial charge is 0.491 e. The van der Waals surface area contributed by atoms with E-state index in [1.165, 1.54) is 0 Å². The van der Waals surface area contributed by atoms with E-state index in [-0.39, 0.29) is 6.10 Å². The maximum absolute atomic E-state index is 5.78. The third-order valence-electron chi connectivity index (χ3n) is 3.34. The molecule has 2 heterocycles. The lowest BCUT2D eigenvalue weighted by Gasteiger charge is -2.12. The molecule has 0 bridgehead atoms. The average Bonchev–Trinajstić information content (AvgIpc) is 3.17. The first-order chi connectivity index (χ1) is 9.90. The Kier molecular flexibility index (Phi) is 4.23. The molecular formula is C16H19NO3. The highest BCUT2D eigenvalue weighted by molar-refractivity contribution is 5.48. The van der Waals surface area contributed by atoms with Crippen molar-refractivity contribution in [3.05, 3.63) is 48.4 Å². The van der Waals surface area contributed by atoms with E-state index >= 15 is 0 Å². The molecule has 1 aromatic heterocycles. The van der Waals surface area contributed by atoms with Crippen LogP contribution in [-0.4, -0.2) is 19.3 Å². The predicted molar refractivity (Wildman–Crippen MR) is 76.9 cm³/mol. The molecule has 1 atom stereocenters. The highest BCUT2D eigenvalue weighted by Crippen LogP contribution is 2.20. The van der Waals surface area contributed by atoms with Gasteiger partial charge >= 0.3 is 0 Å². The van der Waals surface area contributed by atoms with E-state index in [4.69, 9.17) is 13.9 Å². The molecule has 0 aliphatic carbocycles. The molecule has 1 aliphatic heterocycles. The van der Waals surface area contributed by atoms with Gasteiger partial charge in [-0.3, -0.25) is 0 Å². The molecule has 1 aliphatic rings. The van der Waals surface area contributed by atoms with Crippen LogP contribution in [0.2, 0.25) is 0 Å². The maximum atomic E-state index is 5.78. The summed E-state index contributed by atoms with van der Waals surface area (Å²) < 4.78 is 16.6. The van der Waals surface area contributed by atoms with Gasteiger partial charge in [0.2, 0.25) is 0 Å². The van der Waals surface area contributed by atoms with Crippen molar-refractivity contribution in [1.82, 2.24) is 0 Å². The lowest BCUT2D eigenvalue weighted by molar-refractivity contribution is 0.0680. The van der Waals surface area contributed by atoms with Crippen molar-refractivity contribution in [2.24, 2.45) is 0 Å². The van der Waals surface area contributed by atoms with E-state index in [0.717, 1.165) is 36.6 Å². The minimum absolute atomic E-state index is 0.245. The molecule has 1 saturated heterocycles. The Labute approximate surface area is 118 Å². The molecule has 0 radical (unpaired) electrons. The minimum atomic E-state index is 0.245.